The third kappa shape index (κ3) is 2.98. The molecule has 1 aliphatic carbocycles. The first kappa shape index (κ1) is 14.2. The Morgan fingerprint density at radius 2 is 1.71 bits per heavy atom. The molecule has 0 radical (unpaired) electrons. The molecule has 1 saturated carbocycles. The summed E-state index contributed by atoms with van der Waals surface area (Å²) in [6.45, 7) is 0. The van der Waals surface area contributed by atoms with Crippen molar-refractivity contribution in [3.05, 3.63) is 70.8 Å². The van der Waals surface area contributed by atoms with E-state index in [-0.39, 0.29) is 12.0 Å². The third-order valence-electron chi connectivity index (χ3n) is 4.40. The van der Waals surface area contributed by atoms with Crippen LogP contribution < -0.4 is 5.73 Å². The lowest BCUT2D eigenvalue weighted by Crippen LogP contribution is -2.16. The van der Waals surface area contributed by atoms with Crippen molar-refractivity contribution in [3.8, 4) is 0 Å². The van der Waals surface area contributed by atoms with Crippen molar-refractivity contribution in [1.29, 1.82) is 0 Å². The Hall–Kier alpha value is -1.74. The van der Waals surface area contributed by atoms with Crippen LogP contribution in [0.25, 0.3) is 0 Å². The summed E-state index contributed by atoms with van der Waals surface area (Å²) in [5.41, 5.74) is 8.47. The molecule has 1 nitrogen and oxygen atoms in total. The number of hydrogen-bond donors (Lipinski definition) is 1. The van der Waals surface area contributed by atoms with Crippen molar-refractivity contribution < 1.29 is 8.78 Å². The van der Waals surface area contributed by atoms with Crippen LogP contribution in [0.1, 0.15) is 47.9 Å². The zero-order valence-electron chi connectivity index (χ0n) is 11.9. The normalized spacial score (nSPS) is 16.5. The minimum atomic E-state index is -0.527. The van der Waals surface area contributed by atoms with Gasteiger partial charge in [0.05, 0.1) is 0 Å². The predicted octanol–water partition coefficient (Wildman–Crippen LogP) is 4.47. The third-order valence-corrected chi connectivity index (χ3v) is 4.40. The zero-order valence-corrected chi connectivity index (χ0v) is 11.9. The molecule has 0 saturated heterocycles. The number of benzene rings is 2. The van der Waals surface area contributed by atoms with Gasteiger partial charge < -0.3 is 5.73 Å². The van der Waals surface area contributed by atoms with Crippen molar-refractivity contribution in [2.45, 2.75) is 37.6 Å². The van der Waals surface area contributed by atoms with Gasteiger partial charge in [-0.15, -0.1) is 0 Å². The van der Waals surface area contributed by atoms with Crippen LogP contribution in [0.4, 0.5) is 8.78 Å². The van der Waals surface area contributed by atoms with Crippen molar-refractivity contribution in [1.82, 2.24) is 0 Å². The van der Waals surface area contributed by atoms with E-state index in [0.717, 1.165) is 5.56 Å². The van der Waals surface area contributed by atoms with E-state index in [1.165, 1.54) is 43.0 Å². The van der Waals surface area contributed by atoms with Gasteiger partial charge >= 0.3 is 0 Å². The Labute approximate surface area is 123 Å². The van der Waals surface area contributed by atoms with Crippen LogP contribution in [-0.4, -0.2) is 0 Å². The molecular formula is C18H19F2N. The highest BCUT2D eigenvalue weighted by Gasteiger charge is 2.20. The molecular weight excluding hydrogens is 268 g/mol. The molecule has 21 heavy (non-hydrogen) atoms. The second-order valence-corrected chi connectivity index (χ2v) is 5.81. The van der Waals surface area contributed by atoms with Gasteiger partial charge in [0.15, 0.2) is 0 Å². The van der Waals surface area contributed by atoms with Crippen LogP contribution in [-0.2, 0) is 6.42 Å². The van der Waals surface area contributed by atoms with Gasteiger partial charge in [0.25, 0.3) is 0 Å². The summed E-state index contributed by atoms with van der Waals surface area (Å²) in [6, 6.07) is 11.7. The van der Waals surface area contributed by atoms with Gasteiger partial charge in [-0.25, -0.2) is 8.78 Å². The first-order valence-corrected chi connectivity index (χ1v) is 7.43. The summed E-state index contributed by atoms with van der Waals surface area (Å²) in [7, 11) is 0. The molecule has 1 aliphatic rings. The van der Waals surface area contributed by atoms with Crippen molar-refractivity contribution >= 4 is 0 Å². The monoisotopic (exact) mass is 287 g/mol. The summed E-state index contributed by atoms with van der Waals surface area (Å²) < 4.78 is 27.4. The largest absolute Gasteiger partial charge is 0.324 e. The maximum Gasteiger partial charge on any atom is 0.129 e. The van der Waals surface area contributed by atoms with E-state index in [9.17, 15) is 8.78 Å². The van der Waals surface area contributed by atoms with Crippen molar-refractivity contribution in [2.75, 3.05) is 0 Å². The van der Waals surface area contributed by atoms with Crippen molar-refractivity contribution in [2.24, 2.45) is 5.73 Å². The fourth-order valence-corrected chi connectivity index (χ4v) is 2.85. The molecule has 110 valence electrons. The molecule has 0 aliphatic heterocycles. The topological polar surface area (TPSA) is 26.0 Å². The fraction of sp³-hybridized carbons (Fsp3) is 0.333. The molecule has 2 aromatic carbocycles. The highest BCUT2D eigenvalue weighted by Crippen LogP contribution is 2.37. The molecule has 3 heteroatoms. The van der Waals surface area contributed by atoms with Crippen LogP contribution in [0.3, 0.4) is 0 Å². The first-order chi connectivity index (χ1) is 10.1. The lowest BCUT2D eigenvalue weighted by Gasteiger charge is -2.26. The fourth-order valence-electron chi connectivity index (χ4n) is 2.85. The van der Waals surface area contributed by atoms with E-state index in [1.807, 2.05) is 12.1 Å². The van der Waals surface area contributed by atoms with Crippen LogP contribution in [0, 0.1) is 11.6 Å². The quantitative estimate of drug-likeness (QED) is 0.882. The standard InChI is InChI=1S/C18H19F2N/c19-16-8-3-9-17(20)15(16)11-18(21)14-7-2-6-13(10-14)12-4-1-5-12/h2-3,6-10,12,18H,1,4-5,11,21H2. The molecule has 2 N–H and O–H groups in total. The Morgan fingerprint density at radius 1 is 1.05 bits per heavy atom. The zero-order chi connectivity index (χ0) is 14.8. The van der Waals surface area contributed by atoms with E-state index < -0.39 is 17.7 Å². The SMILES string of the molecule is NC(Cc1c(F)cccc1F)c1cccc(C2CCC2)c1. The van der Waals surface area contributed by atoms with E-state index in [0.29, 0.717) is 5.92 Å². The predicted molar refractivity (Wildman–Crippen MR) is 80.0 cm³/mol. The molecule has 0 heterocycles. The molecule has 0 amide bonds. The van der Waals surface area contributed by atoms with E-state index in [4.69, 9.17) is 5.73 Å². The summed E-state index contributed by atoms with van der Waals surface area (Å²) in [5, 5.41) is 0. The van der Waals surface area contributed by atoms with E-state index >= 15 is 0 Å². The average molecular weight is 287 g/mol. The van der Waals surface area contributed by atoms with Gasteiger partial charge in [0.2, 0.25) is 0 Å². The van der Waals surface area contributed by atoms with Gasteiger partial charge in [-0.05, 0) is 48.4 Å². The lowest BCUT2D eigenvalue weighted by atomic mass is 9.79. The van der Waals surface area contributed by atoms with Crippen LogP contribution in [0.15, 0.2) is 42.5 Å². The highest BCUT2D eigenvalue weighted by atomic mass is 19.1. The first-order valence-electron chi connectivity index (χ1n) is 7.43. The summed E-state index contributed by atoms with van der Waals surface area (Å²) in [4.78, 5) is 0. The average Bonchev–Trinajstić information content (AvgIpc) is 2.41. The van der Waals surface area contributed by atoms with Crippen LogP contribution in [0.5, 0.6) is 0 Å². The van der Waals surface area contributed by atoms with Gasteiger partial charge in [-0.3, -0.25) is 0 Å². The highest BCUT2D eigenvalue weighted by molar-refractivity contribution is 5.31. The molecule has 2 aromatic rings. The molecule has 0 bridgehead atoms. The molecule has 3 rings (SSSR count). The molecule has 0 aromatic heterocycles. The lowest BCUT2D eigenvalue weighted by molar-refractivity contribution is 0.419. The Morgan fingerprint density at radius 3 is 2.33 bits per heavy atom. The molecule has 1 unspecified atom stereocenters. The molecule has 1 atom stereocenters. The maximum absolute atomic E-state index is 13.7. The van der Waals surface area contributed by atoms with Gasteiger partial charge in [0.1, 0.15) is 11.6 Å². The van der Waals surface area contributed by atoms with Crippen LogP contribution in [0.2, 0.25) is 0 Å². The van der Waals surface area contributed by atoms with Gasteiger partial charge in [-0.2, -0.15) is 0 Å². The van der Waals surface area contributed by atoms with Gasteiger partial charge in [-0.1, -0.05) is 36.8 Å². The Balaban J connectivity index is 1.80. The summed E-state index contributed by atoms with van der Waals surface area (Å²) in [5.74, 6) is -0.427. The summed E-state index contributed by atoms with van der Waals surface area (Å²) >= 11 is 0. The van der Waals surface area contributed by atoms with E-state index in [2.05, 4.69) is 12.1 Å². The number of nitrogens with two attached hydrogens (primary N) is 1. The minimum absolute atomic E-state index is 0.0686. The van der Waals surface area contributed by atoms with E-state index in [1.54, 1.807) is 0 Å². The minimum Gasteiger partial charge on any atom is -0.324 e. The second-order valence-electron chi connectivity index (χ2n) is 5.81. The smallest absolute Gasteiger partial charge is 0.129 e. The number of hydrogen-bond acceptors (Lipinski definition) is 1. The number of rotatable bonds is 4. The van der Waals surface area contributed by atoms with Crippen molar-refractivity contribution in [3.63, 3.8) is 0 Å². The second kappa shape index (κ2) is 5.94. The number of halogens is 2. The maximum atomic E-state index is 13.7. The summed E-state index contributed by atoms with van der Waals surface area (Å²) in [6.07, 6.45) is 3.90. The molecule has 0 spiro atoms. The van der Waals surface area contributed by atoms with Crippen LogP contribution >= 0.6 is 0 Å². The van der Waals surface area contributed by atoms with Gasteiger partial charge in [0, 0.05) is 11.6 Å². The Kier molecular flexibility index (Phi) is 4.02. The Bertz CT molecular complexity index is 615. The molecule has 1 fully saturated rings.